The first kappa shape index (κ1) is 18.4. The molecule has 0 spiro atoms. The van der Waals surface area contributed by atoms with Crippen LogP contribution in [0.5, 0.6) is 0 Å². The lowest BCUT2D eigenvalue weighted by Crippen LogP contribution is -2.33. The summed E-state index contributed by atoms with van der Waals surface area (Å²) < 4.78 is 39.7. The van der Waals surface area contributed by atoms with Crippen LogP contribution in [-0.4, -0.2) is 20.9 Å². The van der Waals surface area contributed by atoms with Crippen LogP contribution in [0, 0.1) is 19.7 Å². The van der Waals surface area contributed by atoms with Gasteiger partial charge in [-0.3, -0.25) is 4.79 Å². The molecule has 0 aromatic heterocycles. The Bertz CT molecular complexity index is 885. The summed E-state index contributed by atoms with van der Waals surface area (Å²) in [6.07, 6.45) is 0. The third kappa shape index (κ3) is 4.31. The van der Waals surface area contributed by atoms with Crippen molar-refractivity contribution in [1.29, 1.82) is 0 Å². The maximum Gasteiger partial charge on any atom is 0.241 e. The summed E-state index contributed by atoms with van der Waals surface area (Å²) in [7, 11) is -3.91. The highest BCUT2D eigenvalue weighted by atomic mass is 35.5. The Balaban J connectivity index is 2.05. The highest BCUT2D eigenvalue weighted by Crippen LogP contribution is 2.22. The molecule has 0 bridgehead atoms. The molecule has 5 nitrogen and oxygen atoms in total. The van der Waals surface area contributed by atoms with Gasteiger partial charge in [0.1, 0.15) is 5.82 Å². The van der Waals surface area contributed by atoms with Gasteiger partial charge in [0.2, 0.25) is 15.9 Å². The fourth-order valence-electron chi connectivity index (χ4n) is 1.97. The Morgan fingerprint density at radius 2 is 1.92 bits per heavy atom. The van der Waals surface area contributed by atoms with Crippen molar-refractivity contribution < 1.29 is 17.6 Å². The van der Waals surface area contributed by atoms with Crippen molar-refractivity contribution in [1.82, 2.24) is 4.72 Å². The van der Waals surface area contributed by atoms with E-state index in [9.17, 15) is 17.6 Å². The van der Waals surface area contributed by atoms with Crippen molar-refractivity contribution in [2.75, 3.05) is 11.9 Å². The first-order valence-electron chi connectivity index (χ1n) is 7.01. The van der Waals surface area contributed by atoms with Crippen LogP contribution in [-0.2, 0) is 14.8 Å². The van der Waals surface area contributed by atoms with E-state index < -0.39 is 28.3 Å². The second-order valence-electron chi connectivity index (χ2n) is 5.20. The number of carbonyl (C=O) groups is 1. The van der Waals surface area contributed by atoms with Crippen molar-refractivity contribution in [3.8, 4) is 0 Å². The van der Waals surface area contributed by atoms with Gasteiger partial charge in [-0.2, -0.15) is 0 Å². The molecule has 0 saturated carbocycles. The number of anilines is 1. The first-order valence-corrected chi connectivity index (χ1v) is 8.87. The Labute approximate surface area is 144 Å². The molecule has 0 aliphatic heterocycles. The normalized spacial score (nSPS) is 11.3. The molecule has 0 aliphatic carbocycles. The molecule has 0 heterocycles. The first-order chi connectivity index (χ1) is 11.2. The summed E-state index contributed by atoms with van der Waals surface area (Å²) >= 11 is 5.96. The zero-order chi connectivity index (χ0) is 17.9. The van der Waals surface area contributed by atoms with Crippen LogP contribution in [0.3, 0.4) is 0 Å². The van der Waals surface area contributed by atoms with Crippen molar-refractivity contribution in [2.24, 2.45) is 0 Å². The zero-order valence-electron chi connectivity index (χ0n) is 13.1. The molecule has 0 saturated heterocycles. The summed E-state index contributed by atoms with van der Waals surface area (Å²) in [5, 5.41) is 3.08. The van der Waals surface area contributed by atoms with Crippen LogP contribution >= 0.6 is 11.6 Å². The number of aryl methyl sites for hydroxylation is 1. The summed E-state index contributed by atoms with van der Waals surface area (Å²) in [6, 6.07) is 8.44. The van der Waals surface area contributed by atoms with Crippen LogP contribution in [0.1, 0.15) is 11.1 Å². The fraction of sp³-hybridized carbons (Fsp3) is 0.188. The van der Waals surface area contributed by atoms with Gasteiger partial charge in [-0.15, -0.1) is 0 Å². The lowest BCUT2D eigenvalue weighted by atomic mass is 10.2. The quantitative estimate of drug-likeness (QED) is 0.849. The van der Waals surface area contributed by atoms with E-state index in [4.69, 9.17) is 11.6 Å². The van der Waals surface area contributed by atoms with Gasteiger partial charge in [-0.05, 0) is 55.3 Å². The Morgan fingerprint density at radius 1 is 1.21 bits per heavy atom. The highest BCUT2D eigenvalue weighted by Gasteiger charge is 2.17. The number of benzene rings is 2. The Hall–Kier alpha value is -1.96. The van der Waals surface area contributed by atoms with Gasteiger partial charge in [-0.1, -0.05) is 17.7 Å². The number of amides is 1. The monoisotopic (exact) mass is 370 g/mol. The molecule has 2 aromatic rings. The van der Waals surface area contributed by atoms with Gasteiger partial charge in [0.05, 0.1) is 11.4 Å². The van der Waals surface area contributed by atoms with E-state index in [1.165, 1.54) is 13.0 Å². The molecule has 1 amide bonds. The minimum atomic E-state index is -3.91. The Morgan fingerprint density at radius 3 is 2.58 bits per heavy atom. The third-order valence-corrected chi connectivity index (χ3v) is 5.21. The number of carbonyl (C=O) groups excluding carboxylic acids is 1. The molecular formula is C16H16ClFN2O3S. The predicted octanol–water partition coefficient (Wildman–Crippen LogP) is 3.01. The van der Waals surface area contributed by atoms with Crippen LogP contribution in [0.25, 0.3) is 0 Å². The molecule has 2 aromatic carbocycles. The van der Waals surface area contributed by atoms with Crippen LogP contribution in [0.15, 0.2) is 41.3 Å². The van der Waals surface area contributed by atoms with Crippen LogP contribution in [0.4, 0.5) is 10.1 Å². The third-order valence-electron chi connectivity index (χ3n) is 3.40. The number of halogens is 2. The van der Waals surface area contributed by atoms with Gasteiger partial charge in [0, 0.05) is 10.7 Å². The maximum atomic E-state index is 13.2. The number of hydrogen-bond acceptors (Lipinski definition) is 3. The summed E-state index contributed by atoms with van der Waals surface area (Å²) in [5.74, 6) is -1.04. The van der Waals surface area contributed by atoms with Gasteiger partial charge in [0.15, 0.2) is 0 Å². The molecule has 0 atom stereocenters. The molecule has 0 radical (unpaired) electrons. The van der Waals surface area contributed by atoms with Gasteiger partial charge < -0.3 is 5.32 Å². The van der Waals surface area contributed by atoms with Crippen molar-refractivity contribution in [2.45, 2.75) is 18.7 Å². The van der Waals surface area contributed by atoms with Gasteiger partial charge in [-0.25, -0.2) is 17.5 Å². The predicted molar refractivity (Wildman–Crippen MR) is 91.1 cm³/mol. The van der Waals surface area contributed by atoms with Gasteiger partial charge in [0.25, 0.3) is 0 Å². The average molecular weight is 371 g/mol. The molecule has 128 valence electrons. The number of nitrogens with one attached hydrogen (secondary N) is 2. The second kappa shape index (κ2) is 7.29. The standard InChI is InChI=1S/C16H16ClFN2O3S/c1-10-8-12(6-7-14(10)18)24(22,23)19-9-16(21)20-15-5-3-4-13(17)11(15)2/h3-8,19H,9H2,1-2H3,(H,20,21). The van der Waals surface area contributed by atoms with E-state index in [2.05, 4.69) is 10.0 Å². The van der Waals surface area contributed by atoms with E-state index in [0.29, 0.717) is 16.3 Å². The molecule has 24 heavy (non-hydrogen) atoms. The largest absolute Gasteiger partial charge is 0.325 e. The smallest absolute Gasteiger partial charge is 0.241 e. The van der Waals surface area contributed by atoms with E-state index in [1.807, 2.05) is 0 Å². The van der Waals surface area contributed by atoms with E-state index in [-0.39, 0.29) is 10.5 Å². The summed E-state index contributed by atoms with van der Waals surface area (Å²) in [4.78, 5) is 11.8. The maximum absolute atomic E-state index is 13.2. The van der Waals surface area contributed by atoms with Crippen molar-refractivity contribution in [3.05, 3.63) is 58.4 Å². The van der Waals surface area contributed by atoms with Crippen molar-refractivity contribution >= 4 is 33.2 Å². The molecule has 0 unspecified atom stereocenters. The number of hydrogen-bond donors (Lipinski definition) is 2. The second-order valence-corrected chi connectivity index (χ2v) is 7.37. The minimum absolute atomic E-state index is 0.104. The summed E-state index contributed by atoms with van der Waals surface area (Å²) in [5.41, 5.74) is 1.39. The molecule has 0 fully saturated rings. The molecule has 8 heteroatoms. The molecular weight excluding hydrogens is 355 g/mol. The van der Waals surface area contributed by atoms with Crippen LogP contribution in [0.2, 0.25) is 5.02 Å². The van der Waals surface area contributed by atoms with E-state index in [1.54, 1.807) is 25.1 Å². The lowest BCUT2D eigenvalue weighted by Gasteiger charge is -2.11. The van der Waals surface area contributed by atoms with Crippen molar-refractivity contribution in [3.63, 3.8) is 0 Å². The van der Waals surface area contributed by atoms with E-state index >= 15 is 0 Å². The molecule has 2 rings (SSSR count). The topological polar surface area (TPSA) is 75.3 Å². The number of rotatable bonds is 5. The Kier molecular flexibility index (Phi) is 5.58. The number of sulfonamides is 1. The van der Waals surface area contributed by atoms with Gasteiger partial charge >= 0.3 is 0 Å². The zero-order valence-corrected chi connectivity index (χ0v) is 14.6. The fourth-order valence-corrected chi connectivity index (χ4v) is 3.21. The minimum Gasteiger partial charge on any atom is -0.325 e. The molecule has 0 aliphatic rings. The SMILES string of the molecule is Cc1cc(S(=O)(=O)NCC(=O)Nc2cccc(Cl)c2C)ccc1F. The van der Waals surface area contributed by atoms with E-state index in [0.717, 1.165) is 12.1 Å². The highest BCUT2D eigenvalue weighted by molar-refractivity contribution is 7.89. The lowest BCUT2D eigenvalue weighted by molar-refractivity contribution is -0.115. The average Bonchev–Trinajstić information content (AvgIpc) is 2.52. The summed E-state index contributed by atoms with van der Waals surface area (Å²) in [6.45, 7) is 2.75. The van der Waals surface area contributed by atoms with Crippen LogP contribution < -0.4 is 10.0 Å². The molecule has 2 N–H and O–H groups in total.